The summed E-state index contributed by atoms with van der Waals surface area (Å²) < 4.78 is 13.7. The summed E-state index contributed by atoms with van der Waals surface area (Å²) in [7, 11) is 0. The molecule has 2 atom stereocenters. The summed E-state index contributed by atoms with van der Waals surface area (Å²) in [6.07, 6.45) is 8.13. The Morgan fingerprint density at radius 3 is 2.72 bits per heavy atom. The molecule has 1 aromatic rings. The second-order valence-electron chi connectivity index (χ2n) is 5.82. The van der Waals surface area contributed by atoms with Gasteiger partial charge in [0.1, 0.15) is 5.82 Å². The molecule has 1 aliphatic carbocycles. The number of hydrogen-bond acceptors (Lipinski definition) is 1. The number of likely N-dealkylation sites (tertiary alicyclic amines) is 1. The minimum absolute atomic E-state index is 0.0459. The third-order valence-electron chi connectivity index (χ3n) is 4.69. The number of halogens is 1. The number of fused-ring (bicyclic) bond motifs is 1. The summed E-state index contributed by atoms with van der Waals surface area (Å²) in [6.45, 7) is 1.95. The van der Waals surface area contributed by atoms with Gasteiger partial charge in [0, 0.05) is 18.2 Å². The predicted octanol–water partition coefficient (Wildman–Crippen LogP) is 3.98. The summed E-state index contributed by atoms with van der Waals surface area (Å²) in [5, 5.41) is 0. The quantitative estimate of drug-likeness (QED) is 0.764. The van der Waals surface area contributed by atoms with E-state index in [1.54, 1.807) is 12.1 Å². The van der Waals surface area contributed by atoms with E-state index in [2.05, 4.69) is 4.90 Å². The third-order valence-corrected chi connectivity index (χ3v) is 4.69. The predicted molar refractivity (Wildman–Crippen MR) is 71.8 cm³/mol. The van der Waals surface area contributed by atoms with Crippen molar-refractivity contribution in [3.8, 4) is 0 Å². The molecular weight excluding hydrogens is 225 g/mol. The number of benzene rings is 1. The van der Waals surface area contributed by atoms with Gasteiger partial charge in [0.15, 0.2) is 0 Å². The van der Waals surface area contributed by atoms with Crippen molar-refractivity contribution in [3.63, 3.8) is 0 Å². The van der Waals surface area contributed by atoms with Gasteiger partial charge in [-0.25, -0.2) is 4.39 Å². The Labute approximate surface area is 109 Å². The first kappa shape index (κ1) is 12.2. The molecule has 0 bridgehead atoms. The average molecular weight is 247 g/mol. The SMILES string of the molecule is Fc1ccccc1CN1CCCC2CCCCC21. The molecule has 1 heterocycles. The van der Waals surface area contributed by atoms with Crippen LogP contribution in [0.2, 0.25) is 0 Å². The average Bonchev–Trinajstić information content (AvgIpc) is 2.42. The molecule has 18 heavy (non-hydrogen) atoms. The molecule has 2 fully saturated rings. The van der Waals surface area contributed by atoms with Crippen molar-refractivity contribution < 1.29 is 4.39 Å². The molecule has 0 aromatic heterocycles. The highest BCUT2D eigenvalue weighted by molar-refractivity contribution is 5.17. The van der Waals surface area contributed by atoms with E-state index < -0.39 is 0 Å². The van der Waals surface area contributed by atoms with E-state index in [9.17, 15) is 4.39 Å². The standard InChI is InChI=1S/C16H22FN/c17-15-9-3-1-7-14(15)12-18-11-5-8-13-6-2-4-10-16(13)18/h1,3,7,9,13,16H,2,4-6,8,10-12H2. The summed E-state index contributed by atoms with van der Waals surface area (Å²) in [6, 6.07) is 7.95. The summed E-state index contributed by atoms with van der Waals surface area (Å²) in [5.41, 5.74) is 0.865. The van der Waals surface area contributed by atoms with Gasteiger partial charge >= 0.3 is 0 Å². The van der Waals surface area contributed by atoms with E-state index in [1.165, 1.54) is 38.5 Å². The topological polar surface area (TPSA) is 3.24 Å². The normalized spacial score (nSPS) is 28.9. The van der Waals surface area contributed by atoms with Crippen LogP contribution in [0.1, 0.15) is 44.1 Å². The van der Waals surface area contributed by atoms with Gasteiger partial charge in [-0.1, -0.05) is 31.0 Å². The van der Waals surface area contributed by atoms with Crippen molar-refractivity contribution in [3.05, 3.63) is 35.6 Å². The molecule has 2 heteroatoms. The van der Waals surface area contributed by atoms with Crippen LogP contribution in [0.15, 0.2) is 24.3 Å². The zero-order chi connectivity index (χ0) is 12.4. The first-order valence-corrected chi connectivity index (χ1v) is 7.32. The number of piperidine rings is 1. The fourth-order valence-corrected chi connectivity index (χ4v) is 3.77. The molecule has 2 unspecified atom stereocenters. The van der Waals surface area contributed by atoms with Crippen LogP contribution >= 0.6 is 0 Å². The van der Waals surface area contributed by atoms with Gasteiger partial charge in [0.25, 0.3) is 0 Å². The molecule has 0 radical (unpaired) electrons. The van der Waals surface area contributed by atoms with Gasteiger partial charge < -0.3 is 0 Å². The largest absolute Gasteiger partial charge is 0.296 e. The van der Waals surface area contributed by atoms with Crippen molar-refractivity contribution in [2.75, 3.05) is 6.54 Å². The zero-order valence-electron chi connectivity index (χ0n) is 10.9. The van der Waals surface area contributed by atoms with Gasteiger partial charge in [0.2, 0.25) is 0 Å². The number of hydrogen-bond donors (Lipinski definition) is 0. The first-order chi connectivity index (χ1) is 8.84. The Bertz CT molecular complexity index is 402. The smallest absolute Gasteiger partial charge is 0.127 e. The van der Waals surface area contributed by atoms with Crippen molar-refractivity contribution in [1.29, 1.82) is 0 Å². The molecule has 0 N–H and O–H groups in total. The lowest BCUT2D eigenvalue weighted by molar-refractivity contribution is 0.0539. The first-order valence-electron chi connectivity index (χ1n) is 7.32. The Morgan fingerprint density at radius 1 is 1.06 bits per heavy atom. The summed E-state index contributed by atoms with van der Waals surface area (Å²) in [4.78, 5) is 2.53. The highest BCUT2D eigenvalue weighted by atomic mass is 19.1. The molecule has 3 rings (SSSR count). The molecule has 1 nitrogen and oxygen atoms in total. The Kier molecular flexibility index (Phi) is 3.64. The maximum Gasteiger partial charge on any atom is 0.127 e. The van der Waals surface area contributed by atoms with Crippen molar-refractivity contribution in [1.82, 2.24) is 4.90 Å². The monoisotopic (exact) mass is 247 g/mol. The Morgan fingerprint density at radius 2 is 1.83 bits per heavy atom. The van der Waals surface area contributed by atoms with E-state index in [0.29, 0.717) is 6.04 Å². The zero-order valence-corrected chi connectivity index (χ0v) is 10.9. The van der Waals surface area contributed by atoms with Crippen LogP contribution in [0.25, 0.3) is 0 Å². The molecule has 0 amide bonds. The molecule has 1 aromatic carbocycles. The van der Waals surface area contributed by atoms with Crippen molar-refractivity contribution in [2.45, 2.75) is 51.1 Å². The van der Waals surface area contributed by atoms with Crippen LogP contribution < -0.4 is 0 Å². The fraction of sp³-hybridized carbons (Fsp3) is 0.625. The maximum atomic E-state index is 13.7. The lowest BCUT2D eigenvalue weighted by atomic mass is 9.78. The molecule has 2 aliphatic rings. The summed E-state index contributed by atoms with van der Waals surface area (Å²) in [5.74, 6) is 0.828. The van der Waals surface area contributed by atoms with Gasteiger partial charge in [-0.2, -0.15) is 0 Å². The second-order valence-corrected chi connectivity index (χ2v) is 5.82. The van der Waals surface area contributed by atoms with Crippen LogP contribution in [0.4, 0.5) is 4.39 Å². The lowest BCUT2D eigenvalue weighted by Gasteiger charge is -2.44. The number of nitrogens with zero attached hydrogens (tertiary/aromatic N) is 1. The fourth-order valence-electron chi connectivity index (χ4n) is 3.77. The Balaban J connectivity index is 1.73. The highest BCUT2D eigenvalue weighted by Crippen LogP contribution is 2.36. The second kappa shape index (κ2) is 5.40. The van der Waals surface area contributed by atoms with E-state index >= 15 is 0 Å². The number of rotatable bonds is 2. The minimum atomic E-state index is -0.0459. The van der Waals surface area contributed by atoms with Crippen LogP contribution in [0.3, 0.4) is 0 Å². The van der Waals surface area contributed by atoms with E-state index in [1.807, 2.05) is 12.1 Å². The van der Waals surface area contributed by atoms with E-state index in [4.69, 9.17) is 0 Å². The highest BCUT2D eigenvalue weighted by Gasteiger charge is 2.33. The molecule has 1 saturated heterocycles. The molecule has 0 spiro atoms. The van der Waals surface area contributed by atoms with E-state index in [0.717, 1.165) is 24.6 Å². The van der Waals surface area contributed by atoms with Crippen molar-refractivity contribution >= 4 is 0 Å². The molecular formula is C16H22FN. The summed E-state index contributed by atoms with van der Waals surface area (Å²) >= 11 is 0. The van der Waals surface area contributed by atoms with E-state index in [-0.39, 0.29) is 5.82 Å². The lowest BCUT2D eigenvalue weighted by Crippen LogP contribution is -2.46. The van der Waals surface area contributed by atoms with Gasteiger partial charge in [-0.15, -0.1) is 0 Å². The van der Waals surface area contributed by atoms with Gasteiger partial charge in [0.05, 0.1) is 0 Å². The van der Waals surface area contributed by atoms with Crippen LogP contribution in [-0.2, 0) is 6.54 Å². The maximum absolute atomic E-state index is 13.7. The molecule has 1 aliphatic heterocycles. The van der Waals surface area contributed by atoms with Crippen molar-refractivity contribution in [2.24, 2.45) is 5.92 Å². The van der Waals surface area contributed by atoms with Crippen LogP contribution in [0.5, 0.6) is 0 Å². The Hall–Kier alpha value is -0.890. The minimum Gasteiger partial charge on any atom is -0.296 e. The molecule has 98 valence electrons. The molecule has 1 saturated carbocycles. The van der Waals surface area contributed by atoms with Gasteiger partial charge in [-0.05, 0) is 44.2 Å². The van der Waals surface area contributed by atoms with Crippen LogP contribution in [0, 0.1) is 11.7 Å². The van der Waals surface area contributed by atoms with Gasteiger partial charge in [-0.3, -0.25) is 4.90 Å². The third kappa shape index (κ3) is 2.44. The van der Waals surface area contributed by atoms with Crippen LogP contribution in [-0.4, -0.2) is 17.5 Å².